The van der Waals surface area contributed by atoms with Gasteiger partial charge in [-0.3, -0.25) is 9.36 Å². The van der Waals surface area contributed by atoms with Crippen LogP contribution in [-0.4, -0.2) is 35.2 Å². The largest absolute Gasteiger partial charge is 0.341 e. The van der Waals surface area contributed by atoms with Gasteiger partial charge in [-0.2, -0.15) is 0 Å². The van der Waals surface area contributed by atoms with Gasteiger partial charge in [-0.25, -0.2) is 9.97 Å². The van der Waals surface area contributed by atoms with Gasteiger partial charge >= 0.3 is 0 Å². The van der Waals surface area contributed by atoms with Crippen molar-refractivity contribution in [2.45, 2.75) is 50.6 Å². The van der Waals surface area contributed by atoms with E-state index >= 15 is 0 Å². The average Bonchev–Trinajstić information content (AvgIpc) is 3.65. The third kappa shape index (κ3) is 4.57. The van der Waals surface area contributed by atoms with Crippen molar-refractivity contribution < 1.29 is 4.79 Å². The molecule has 0 unspecified atom stereocenters. The van der Waals surface area contributed by atoms with Crippen molar-refractivity contribution in [2.24, 2.45) is 0 Å². The number of nitrogens with one attached hydrogen (secondary N) is 1. The van der Waals surface area contributed by atoms with Gasteiger partial charge in [0.25, 0.3) is 5.91 Å². The van der Waals surface area contributed by atoms with E-state index in [2.05, 4.69) is 57.3 Å². The second-order valence-corrected chi connectivity index (χ2v) is 12.4. The Morgan fingerprint density at radius 3 is 2.48 bits per heavy atom. The van der Waals surface area contributed by atoms with Crippen LogP contribution < -0.4 is 5.32 Å². The maximum absolute atomic E-state index is 14.0. The number of halogens is 1. The van der Waals surface area contributed by atoms with Gasteiger partial charge < -0.3 is 9.88 Å². The smallest absolute Gasteiger partial charge is 0.253 e. The topological polar surface area (TPSA) is 90.5 Å². The predicted molar refractivity (Wildman–Crippen MR) is 170 cm³/mol. The van der Waals surface area contributed by atoms with Gasteiger partial charge in [0.2, 0.25) is 0 Å². The molecule has 0 radical (unpaired) electrons. The van der Waals surface area contributed by atoms with Crippen molar-refractivity contribution in [2.75, 3.05) is 0 Å². The molecule has 0 bridgehead atoms. The van der Waals surface area contributed by atoms with E-state index in [0.717, 1.165) is 41.0 Å². The normalized spacial score (nSPS) is 17.9. The highest BCUT2D eigenvalue weighted by molar-refractivity contribution is 6.34. The molecule has 4 heterocycles. The van der Waals surface area contributed by atoms with E-state index in [1.165, 1.54) is 35.0 Å². The lowest BCUT2D eigenvalue weighted by Crippen LogP contribution is -2.51. The highest BCUT2D eigenvalue weighted by Gasteiger charge is 2.40. The molecule has 1 aliphatic carbocycles. The average molecular weight is 600 g/mol. The first kappa shape index (κ1) is 26.8. The lowest BCUT2D eigenvalue weighted by atomic mass is 9.81. The summed E-state index contributed by atoms with van der Waals surface area (Å²) in [6, 6.07) is 22.2. The molecule has 1 aliphatic heterocycles. The number of hydrogen-bond acceptors (Lipinski definition) is 5. The molecular weight excluding hydrogens is 570 g/mol. The van der Waals surface area contributed by atoms with Crippen molar-refractivity contribution in [3.05, 3.63) is 125 Å². The summed E-state index contributed by atoms with van der Waals surface area (Å²) in [5, 5.41) is 12.7. The summed E-state index contributed by atoms with van der Waals surface area (Å²) < 4.78 is 4.13. The van der Waals surface area contributed by atoms with Gasteiger partial charge in [-0.1, -0.05) is 53.6 Å². The predicted octanol–water partition coefficient (Wildman–Crippen LogP) is 6.79. The number of aryl methyl sites for hydroxylation is 1. The fourth-order valence-corrected chi connectivity index (χ4v) is 6.88. The van der Waals surface area contributed by atoms with Gasteiger partial charge in [0.1, 0.15) is 18.5 Å². The molecular formula is C35H30ClN7O. The van der Waals surface area contributed by atoms with Gasteiger partial charge in [0.05, 0.1) is 22.7 Å². The Kier molecular flexibility index (Phi) is 6.34. The number of carbonyl (C=O) groups is 1. The second-order valence-electron chi connectivity index (χ2n) is 12.0. The van der Waals surface area contributed by atoms with Crippen molar-refractivity contribution in [1.29, 1.82) is 0 Å². The third-order valence-electron chi connectivity index (χ3n) is 9.04. The minimum absolute atomic E-state index is 0.214. The quantitative estimate of drug-likeness (QED) is 0.228. The molecule has 3 aromatic carbocycles. The molecule has 1 N–H and O–H groups in total. The van der Waals surface area contributed by atoms with Crippen molar-refractivity contribution in [1.82, 2.24) is 34.6 Å². The number of benzene rings is 3. The Balaban J connectivity index is 1.21. The van der Waals surface area contributed by atoms with Crippen LogP contribution in [0.4, 0.5) is 0 Å². The Bertz CT molecular complexity index is 2010. The number of hydrogen-bond donors (Lipinski definition) is 1. The summed E-state index contributed by atoms with van der Waals surface area (Å²) in [4.78, 5) is 23.5. The van der Waals surface area contributed by atoms with Crippen molar-refractivity contribution in [3.8, 4) is 16.8 Å². The molecule has 0 spiro atoms. The van der Waals surface area contributed by atoms with Gasteiger partial charge in [-0.15, -0.1) is 10.2 Å². The Morgan fingerprint density at radius 1 is 0.977 bits per heavy atom. The monoisotopic (exact) mass is 599 g/mol. The third-order valence-corrected chi connectivity index (χ3v) is 9.35. The van der Waals surface area contributed by atoms with Gasteiger partial charge in [-0.05, 0) is 68.5 Å². The zero-order valence-corrected chi connectivity index (χ0v) is 25.0. The van der Waals surface area contributed by atoms with Crippen molar-refractivity contribution >= 4 is 28.4 Å². The summed E-state index contributed by atoms with van der Waals surface area (Å²) in [5.41, 5.74) is 7.42. The first-order valence-electron chi connectivity index (χ1n) is 15.0. The summed E-state index contributed by atoms with van der Waals surface area (Å²) >= 11 is 6.70. The van der Waals surface area contributed by atoms with E-state index in [1.807, 2.05) is 36.7 Å². The number of fused-ring (bicyclic) bond motifs is 3. The minimum Gasteiger partial charge on any atom is -0.341 e. The Hall–Kier alpha value is -4.82. The number of aromatic nitrogens is 6. The minimum atomic E-state index is -0.651. The first-order chi connectivity index (χ1) is 21.5. The molecule has 8 nitrogen and oxygen atoms in total. The van der Waals surface area contributed by atoms with E-state index < -0.39 is 5.54 Å². The zero-order chi connectivity index (χ0) is 29.8. The Morgan fingerprint density at radius 2 is 1.75 bits per heavy atom. The van der Waals surface area contributed by atoms with Crippen LogP contribution in [0.1, 0.15) is 58.2 Å². The van der Waals surface area contributed by atoms with E-state index in [0.29, 0.717) is 23.0 Å². The van der Waals surface area contributed by atoms with Crippen LogP contribution in [-0.2, 0) is 18.5 Å². The van der Waals surface area contributed by atoms with Gasteiger partial charge in [0.15, 0.2) is 0 Å². The van der Waals surface area contributed by atoms with Crippen LogP contribution in [0, 0.1) is 6.92 Å². The molecule has 0 saturated heterocycles. The van der Waals surface area contributed by atoms with Crippen LogP contribution in [0.2, 0.25) is 5.02 Å². The van der Waals surface area contributed by atoms with E-state index in [1.54, 1.807) is 29.4 Å². The molecule has 2 aliphatic rings. The Labute approximate surface area is 259 Å². The van der Waals surface area contributed by atoms with E-state index in [4.69, 9.17) is 21.6 Å². The molecule has 6 aromatic rings. The van der Waals surface area contributed by atoms with Crippen LogP contribution in [0.5, 0.6) is 0 Å². The fourth-order valence-electron chi connectivity index (χ4n) is 6.62. The molecule has 218 valence electrons. The van der Waals surface area contributed by atoms with Crippen LogP contribution in [0.25, 0.3) is 27.7 Å². The molecule has 44 heavy (non-hydrogen) atoms. The number of nitrogens with zero attached hydrogens (tertiary/aromatic N) is 6. The highest BCUT2D eigenvalue weighted by Crippen LogP contribution is 2.44. The van der Waals surface area contributed by atoms with E-state index in [-0.39, 0.29) is 5.91 Å². The van der Waals surface area contributed by atoms with Crippen LogP contribution in [0.3, 0.4) is 0 Å². The maximum atomic E-state index is 14.0. The summed E-state index contributed by atoms with van der Waals surface area (Å²) in [7, 11) is 0. The summed E-state index contributed by atoms with van der Waals surface area (Å²) in [6.07, 6.45) is 11.0. The van der Waals surface area contributed by atoms with Crippen molar-refractivity contribution in [3.63, 3.8) is 0 Å². The van der Waals surface area contributed by atoms with Crippen LogP contribution >= 0.6 is 11.6 Å². The molecule has 1 amide bonds. The molecule has 9 heteroatoms. The second kappa shape index (κ2) is 10.4. The van der Waals surface area contributed by atoms with Crippen LogP contribution in [0.15, 0.2) is 91.8 Å². The molecule has 3 aromatic heterocycles. The molecule has 1 fully saturated rings. The summed E-state index contributed by atoms with van der Waals surface area (Å²) in [5.74, 6) is 1.24. The number of amides is 1. The maximum Gasteiger partial charge on any atom is 0.253 e. The molecule has 1 saturated carbocycles. The standard InChI is InChI=1S/C35H30ClN7O/c1-22-7-12-30-28(15-22)32(24-17-37-33(38-18-24)23-8-9-23)31-13-14-35(19-43(30)31,25-5-3-2-4-6-25)41-34(44)27-11-10-26(16-29(27)36)42-20-39-40-21-42/h2-7,10-12,15-18,20-21,23H,8-9,13-14,19H2,1H3,(H,41,44)/t35-/m1/s1. The fraction of sp³-hybridized carbons (Fsp3) is 0.229. The summed E-state index contributed by atoms with van der Waals surface area (Å²) in [6.45, 7) is 2.70. The molecule has 8 rings (SSSR count). The zero-order valence-electron chi connectivity index (χ0n) is 24.2. The first-order valence-corrected chi connectivity index (χ1v) is 15.3. The van der Waals surface area contributed by atoms with Gasteiger partial charge in [0, 0.05) is 51.7 Å². The van der Waals surface area contributed by atoms with E-state index in [9.17, 15) is 4.79 Å². The molecule has 1 atom stereocenters. The number of rotatable bonds is 6. The number of carbonyl (C=O) groups excluding carboxylic acids is 1. The SMILES string of the molecule is Cc1ccc2c(c1)c(-c1cnc(C3CC3)nc1)c1n2C[C@@](NC(=O)c2ccc(-n3cnnc3)cc2Cl)(c2ccccc2)CC1. The lowest BCUT2D eigenvalue weighted by molar-refractivity contribution is 0.0868. The lowest BCUT2D eigenvalue weighted by Gasteiger charge is -2.40. The highest BCUT2D eigenvalue weighted by atomic mass is 35.5.